The fraction of sp³-hybridized carbons (Fsp3) is 0.900. The zero-order chi connectivity index (χ0) is 9.26. The van der Waals surface area contributed by atoms with E-state index in [0.29, 0.717) is 5.78 Å². The van der Waals surface area contributed by atoms with Crippen LogP contribution in [0.15, 0.2) is 0 Å². The molecule has 0 radical (unpaired) electrons. The van der Waals surface area contributed by atoms with Gasteiger partial charge in [0.1, 0.15) is 5.78 Å². The third-order valence-corrected chi connectivity index (χ3v) is 3.22. The number of fused-ring (bicyclic) bond motifs is 2. The minimum atomic E-state index is 0.320. The molecular weight excluding hydrogens is 164 g/mol. The summed E-state index contributed by atoms with van der Waals surface area (Å²) >= 11 is 0. The lowest BCUT2D eigenvalue weighted by Gasteiger charge is -2.33. The molecule has 0 spiro atoms. The van der Waals surface area contributed by atoms with Crippen molar-refractivity contribution in [2.45, 2.75) is 25.8 Å². The van der Waals surface area contributed by atoms with E-state index in [9.17, 15) is 4.79 Å². The molecule has 3 nitrogen and oxygen atoms in total. The van der Waals surface area contributed by atoms with Gasteiger partial charge in [-0.1, -0.05) is 0 Å². The minimum Gasteiger partial charge on any atom is -0.300 e. The standard InChI is InChI=1S/C10H18N2O/c1-9(13)2-5-12-7-6-11-4-3-10(12)8-11/h10H,2-8H2,1H3. The van der Waals surface area contributed by atoms with Gasteiger partial charge < -0.3 is 4.90 Å². The summed E-state index contributed by atoms with van der Waals surface area (Å²) in [6.45, 7) is 7.53. The van der Waals surface area contributed by atoms with Crippen molar-refractivity contribution in [3.8, 4) is 0 Å². The maximum atomic E-state index is 10.9. The lowest BCUT2D eigenvalue weighted by atomic mass is 10.2. The highest BCUT2D eigenvalue weighted by molar-refractivity contribution is 5.75. The van der Waals surface area contributed by atoms with E-state index in [-0.39, 0.29) is 0 Å². The number of piperazine rings is 1. The van der Waals surface area contributed by atoms with Crippen LogP contribution < -0.4 is 0 Å². The second-order valence-corrected chi connectivity index (χ2v) is 4.23. The molecule has 0 N–H and O–H groups in total. The van der Waals surface area contributed by atoms with Gasteiger partial charge in [0.2, 0.25) is 0 Å². The smallest absolute Gasteiger partial charge is 0.131 e. The Morgan fingerprint density at radius 1 is 1.38 bits per heavy atom. The third-order valence-electron chi connectivity index (χ3n) is 3.22. The average molecular weight is 182 g/mol. The van der Waals surface area contributed by atoms with E-state index in [1.807, 2.05) is 0 Å². The molecule has 2 unspecified atom stereocenters. The summed E-state index contributed by atoms with van der Waals surface area (Å²) in [5.74, 6) is 0.320. The van der Waals surface area contributed by atoms with Crippen molar-refractivity contribution in [2.75, 3.05) is 32.7 Å². The van der Waals surface area contributed by atoms with Crippen molar-refractivity contribution >= 4 is 5.78 Å². The first-order valence-corrected chi connectivity index (χ1v) is 5.21. The van der Waals surface area contributed by atoms with Crippen molar-refractivity contribution in [3.63, 3.8) is 0 Å². The normalized spacial score (nSPS) is 33.6. The Morgan fingerprint density at radius 3 is 3.00 bits per heavy atom. The lowest BCUT2D eigenvalue weighted by Crippen LogP contribution is -2.47. The number of hydrogen-bond donors (Lipinski definition) is 0. The third kappa shape index (κ3) is 2.09. The zero-order valence-electron chi connectivity index (χ0n) is 8.33. The molecule has 2 fully saturated rings. The predicted molar refractivity (Wildman–Crippen MR) is 51.7 cm³/mol. The number of carbonyl (C=O) groups is 1. The molecule has 13 heavy (non-hydrogen) atoms. The van der Waals surface area contributed by atoms with Crippen LogP contribution in [-0.2, 0) is 4.79 Å². The van der Waals surface area contributed by atoms with Gasteiger partial charge in [0.25, 0.3) is 0 Å². The van der Waals surface area contributed by atoms with Crippen molar-refractivity contribution in [1.82, 2.24) is 9.80 Å². The van der Waals surface area contributed by atoms with E-state index < -0.39 is 0 Å². The first-order valence-electron chi connectivity index (χ1n) is 5.21. The number of hydrogen-bond acceptors (Lipinski definition) is 3. The monoisotopic (exact) mass is 182 g/mol. The maximum absolute atomic E-state index is 10.9. The molecule has 74 valence electrons. The quantitative estimate of drug-likeness (QED) is 0.629. The van der Waals surface area contributed by atoms with E-state index in [2.05, 4.69) is 9.80 Å². The van der Waals surface area contributed by atoms with E-state index in [1.165, 1.54) is 26.1 Å². The Bertz CT molecular complexity index is 205. The molecule has 3 heteroatoms. The summed E-state index contributed by atoms with van der Waals surface area (Å²) in [6, 6.07) is 0.744. The van der Waals surface area contributed by atoms with Crippen LogP contribution in [0, 0.1) is 0 Å². The summed E-state index contributed by atoms with van der Waals surface area (Å²) in [5, 5.41) is 0. The zero-order valence-corrected chi connectivity index (χ0v) is 8.33. The number of carbonyl (C=O) groups excluding carboxylic acids is 1. The van der Waals surface area contributed by atoms with Gasteiger partial charge in [-0.3, -0.25) is 9.69 Å². The number of rotatable bonds is 3. The Morgan fingerprint density at radius 2 is 2.23 bits per heavy atom. The maximum Gasteiger partial charge on any atom is 0.131 e. The Balaban J connectivity index is 1.82. The SMILES string of the molecule is CC(=O)CCN1CCN2CCC1C2. The molecule has 2 aliphatic rings. The average Bonchev–Trinajstić information content (AvgIpc) is 2.47. The Hall–Kier alpha value is -0.410. The highest BCUT2D eigenvalue weighted by Gasteiger charge is 2.31. The van der Waals surface area contributed by atoms with Crippen molar-refractivity contribution in [1.29, 1.82) is 0 Å². The summed E-state index contributed by atoms with van der Waals surface area (Å²) in [7, 11) is 0. The van der Waals surface area contributed by atoms with Gasteiger partial charge in [0, 0.05) is 38.6 Å². The van der Waals surface area contributed by atoms with Crippen molar-refractivity contribution in [2.24, 2.45) is 0 Å². The molecule has 0 amide bonds. The summed E-state index contributed by atoms with van der Waals surface area (Å²) in [4.78, 5) is 15.9. The van der Waals surface area contributed by atoms with Crippen molar-refractivity contribution in [3.05, 3.63) is 0 Å². The fourth-order valence-corrected chi connectivity index (χ4v) is 2.36. The van der Waals surface area contributed by atoms with Crippen LogP contribution in [0.4, 0.5) is 0 Å². The molecule has 2 atom stereocenters. The van der Waals surface area contributed by atoms with E-state index in [4.69, 9.17) is 0 Å². The molecule has 2 bridgehead atoms. The van der Waals surface area contributed by atoms with Gasteiger partial charge in [-0.05, 0) is 19.9 Å². The second-order valence-electron chi connectivity index (χ2n) is 4.23. The molecule has 0 saturated carbocycles. The van der Waals surface area contributed by atoms with Crippen LogP contribution in [0.2, 0.25) is 0 Å². The van der Waals surface area contributed by atoms with E-state index >= 15 is 0 Å². The van der Waals surface area contributed by atoms with Crippen LogP contribution in [0.3, 0.4) is 0 Å². The Kier molecular flexibility index (Phi) is 2.65. The van der Waals surface area contributed by atoms with E-state index in [1.54, 1.807) is 6.92 Å². The van der Waals surface area contributed by atoms with Gasteiger partial charge in [0.15, 0.2) is 0 Å². The highest BCUT2D eigenvalue weighted by atomic mass is 16.1. The molecule has 0 aliphatic carbocycles. The summed E-state index contributed by atoms with van der Waals surface area (Å²) in [6.07, 6.45) is 2.04. The highest BCUT2D eigenvalue weighted by Crippen LogP contribution is 2.20. The van der Waals surface area contributed by atoms with Crippen LogP contribution in [0.1, 0.15) is 19.8 Å². The van der Waals surface area contributed by atoms with E-state index in [0.717, 1.165) is 25.6 Å². The minimum absolute atomic E-state index is 0.320. The fourth-order valence-electron chi connectivity index (χ4n) is 2.36. The summed E-state index contributed by atoms with van der Waals surface area (Å²) < 4.78 is 0. The largest absolute Gasteiger partial charge is 0.300 e. The van der Waals surface area contributed by atoms with Crippen LogP contribution in [0.5, 0.6) is 0 Å². The predicted octanol–water partition coefficient (Wildman–Crippen LogP) is 0.355. The van der Waals surface area contributed by atoms with Crippen LogP contribution in [-0.4, -0.2) is 54.3 Å². The molecular formula is C10H18N2O. The van der Waals surface area contributed by atoms with Gasteiger partial charge in [-0.15, -0.1) is 0 Å². The number of ketones is 1. The molecule has 0 aromatic rings. The van der Waals surface area contributed by atoms with Crippen LogP contribution >= 0.6 is 0 Å². The molecule has 0 aromatic carbocycles. The molecule has 2 aliphatic heterocycles. The topological polar surface area (TPSA) is 23.6 Å². The van der Waals surface area contributed by atoms with Crippen molar-refractivity contribution < 1.29 is 4.79 Å². The van der Waals surface area contributed by atoms with Gasteiger partial charge in [-0.2, -0.15) is 0 Å². The van der Waals surface area contributed by atoms with Gasteiger partial charge in [0.05, 0.1) is 0 Å². The van der Waals surface area contributed by atoms with Gasteiger partial charge >= 0.3 is 0 Å². The molecule has 2 heterocycles. The lowest BCUT2D eigenvalue weighted by molar-refractivity contribution is -0.117. The van der Waals surface area contributed by atoms with Crippen LogP contribution in [0.25, 0.3) is 0 Å². The molecule has 2 rings (SSSR count). The molecule has 2 saturated heterocycles. The van der Waals surface area contributed by atoms with Gasteiger partial charge in [-0.25, -0.2) is 0 Å². The number of Topliss-reactive ketones (excluding diaryl/α,β-unsaturated/α-hetero) is 1. The summed E-state index contributed by atoms with van der Waals surface area (Å²) in [5.41, 5.74) is 0. The first-order chi connectivity index (χ1) is 6.25. The number of nitrogens with zero attached hydrogens (tertiary/aromatic N) is 2. The molecule has 0 aromatic heterocycles. The second kappa shape index (κ2) is 3.76. The first kappa shape index (κ1) is 9.16. The Labute approximate surface area is 79.7 Å².